The van der Waals surface area contributed by atoms with E-state index in [2.05, 4.69) is 4.98 Å². The number of hydrogen-bond acceptors (Lipinski definition) is 3. The number of aryl methyl sites for hydroxylation is 2. The summed E-state index contributed by atoms with van der Waals surface area (Å²) in [7, 11) is 0. The molecule has 1 aliphatic heterocycles. The van der Waals surface area contributed by atoms with Crippen LogP contribution in [0.4, 0.5) is 10.1 Å². The van der Waals surface area contributed by atoms with E-state index in [4.69, 9.17) is 0 Å². The van der Waals surface area contributed by atoms with Gasteiger partial charge in [-0.15, -0.1) is 0 Å². The van der Waals surface area contributed by atoms with Crippen LogP contribution < -0.4 is 4.90 Å². The first-order chi connectivity index (χ1) is 13.0. The number of piperazine rings is 1. The summed E-state index contributed by atoms with van der Waals surface area (Å²) >= 11 is 0. The van der Waals surface area contributed by atoms with E-state index < -0.39 is 11.9 Å². The van der Waals surface area contributed by atoms with Gasteiger partial charge in [-0.25, -0.2) is 4.98 Å². The molecule has 1 saturated heterocycles. The molecule has 0 spiro atoms. The average molecular weight is 366 g/mol. The standard InChI is InChI=1S/C20H19FN4O2/c1-13-6-3-4-8-15(13)24-11-10-23(12-17(24)26)20(27)18-19(21)25-14(2)7-5-9-16(25)22-18/h3-9H,10-12H2,1-2H3. The molecule has 0 radical (unpaired) electrons. The number of para-hydroxylation sites is 1. The fourth-order valence-corrected chi connectivity index (χ4v) is 3.47. The molecule has 138 valence electrons. The first-order valence-corrected chi connectivity index (χ1v) is 8.76. The number of carbonyl (C=O) groups excluding carboxylic acids is 2. The van der Waals surface area contributed by atoms with Gasteiger partial charge >= 0.3 is 0 Å². The van der Waals surface area contributed by atoms with Crippen LogP contribution in [0.1, 0.15) is 21.7 Å². The molecule has 7 heteroatoms. The van der Waals surface area contributed by atoms with E-state index in [1.165, 1.54) is 9.30 Å². The highest BCUT2D eigenvalue weighted by Gasteiger charge is 2.32. The molecule has 0 N–H and O–H groups in total. The van der Waals surface area contributed by atoms with Crippen molar-refractivity contribution in [1.82, 2.24) is 14.3 Å². The summed E-state index contributed by atoms with van der Waals surface area (Å²) in [5.41, 5.74) is 2.61. The van der Waals surface area contributed by atoms with Gasteiger partial charge in [0.1, 0.15) is 12.2 Å². The molecule has 0 aliphatic carbocycles. The summed E-state index contributed by atoms with van der Waals surface area (Å²) in [5.74, 6) is -1.44. The van der Waals surface area contributed by atoms with Gasteiger partial charge in [0.25, 0.3) is 5.91 Å². The topological polar surface area (TPSA) is 57.9 Å². The zero-order valence-corrected chi connectivity index (χ0v) is 15.1. The Hall–Kier alpha value is -3.22. The normalized spacial score (nSPS) is 14.9. The summed E-state index contributed by atoms with van der Waals surface area (Å²) in [5, 5.41) is 0. The zero-order valence-electron chi connectivity index (χ0n) is 15.1. The number of aromatic nitrogens is 2. The molecule has 27 heavy (non-hydrogen) atoms. The van der Waals surface area contributed by atoms with E-state index in [1.54, 1.807) is 30.0 Å². The molecule has 4 rings (SSSR count). The summed E-state index contributed by atoms with van der Waals surface area (Å²) < 4.78 is 16.0. The second kappa shape index (κ2) is 6.50. The third kappa shape index (κ3) is 2.85. The predicted octanol–water partition coefficient (Wildman–Crippen LogP) is 2.58. The van der Waals surface area contributed by atoms with Gasteiger partial charge < -0.3 is 9.80 Å². The van der Waals surface area contributed by atoms with Crippen LogP contribution in [0.2, 0.25) is 0 Å². The number of amides is 2. The number of benzene rings is 1. The lowest BCUT2D eigenvalue weighted by molar-refractivity contribution is -0.120. The average Bonchev–Trinajstić information content (AvgIpc) is 3.00. The Morgan fingerprint density at radius 1 is 1.07 bits per heavy atom. The third-order valence-electron chi connectivity index (χ3n) is 4.90. The SMILES string of the molecule is Cc1ccccc1N1CCN(C(=O)c2nc3cccc(C)n3c2F)CC1=O. The van der Waals surface area contributed by atoms with Crippen LogP contribution >= 0.6 is 0 Å². The molecule has 1 aliphatic rings. The number of anilines is 1. The van der Waals surface area contributed by atoms with Gasteiger partial charge in [0.2, 0.25) is 11.9 Å². The fourth-order valence-electron chi connectivity index (χ4n) is 3.47. The first kappa shape index (κ1) is 17.2. The molecule has 1 aromatic carbocycles. The number of hydrogen-bond donors (Lipinski definition) is 0. The van der Waals surface area contributed by atoms with Crippen LogP contribution in [-0.2, 0) is 4.79 Å². The molecule has 0 atom stereocenters. The number of carbonyl (C=O) groups is 2. The zero-order chi connectivity index (χ0) is 19.1. The van der Waals surface area contributed by atoms with Crippen LogP contribution in [0.3, 0.4) is 0 Å². The van der Waals surface area contributed by atoms with Crippen LogP contribution in [0.5, 0.6) is 0 Å². The Morgan fingerprint density at radius 3 is 2.56 bits per heavy atom. The monoisotopic (exact) mass is 366 g/mol. The van der Waals surface area contributed by atoms with Crippen molar-refractivity contribution in [2.75, 3.05) is 24.5 Å². The Kier molecular flexibility index (Phi) is 4.14. The molecular formula is C20H19FN4O2. The molecule has 3 aromatic rings. The second-order valence-corrected chi connectivity index (χ2v) is 6.67. The minimum absolute atomic E-state index is 0.0978. The van der Waals surface area contributed by atoms with Gasteiger partial charge in [0, 0.05) is 24.5 Å². The van der Waals surface area contributed by atoms with Crippen LogP contribution in [0.15, 0.2) is 42.5 Å². The Balaban J connectivity index is 1.59. The Bertz CT molecular complexity index is 1060. The number of fused-ring (bicyclic) bond motifs is 1. The van der Waals surface area contributed by atoms with E-state index >= 15 is 0 Å². The van der Waals surface area contributed by atoms with Gasteiger partial charge in [0.05, 0.1) is 0 Å². The minimum Gasteiger partial charge on any atom is -0.326 e. The van der Waals surface area contributed by atoms with E-state index in [-0.39, 0.29) is 18.1 Å². The Morgan fingerprint density at radius 2 is 1.85 bits per heavy atom. The molecule has 0 unspecified atom stereocenters. The van der Waals surface area contributed by atoms with Crippen molar-refractivity contribution in [2.45, 2.75) is 13.8 Å². The highest BCUT2D eigenvalue weighted by Crippen LogP contribution is 2.23. The minimum atomic E-state index is -0.693. The van der Waals surface area contributed by atoms with Crippen LogP contribution in [-0.4, -0.2) is 45.7 Å². The van der Waals surface area contributed by atoms with E-state index in [9.17, 15) is 14.0 Å². The van der Waals surface area contributed by atoms with Gasteiger partial charge in [0.15, 0.2) is 5.69 Å². The number of nitrogens with zero attached hydrogens (tertiary/aromatic N) is 4. The van der Waals surface area contributed by atoms with Gasteiger partial charge in [-0.3, -0.25) is 14.0 Å². The highest BCUT2D eigenvalue weighted by atomic mass is 19.1. The molecule has 1 fully saturated rings. The second-order valence-electron chi connectivity index (χ2n) is 6.67. The van der Waals surface area contributed by atoms with Gasteiger partial charge in [-0.2, -0.15) is 4.39 Å². The van der Waals surface area contributed by atoms with Crippen molar-refractivity contribution in [3.8, 4) is 0 Å². The maximum absolute atomic E-state index is 14.7. The van der Waals surface area contributed by atoms with Crippen molar-refractivity contribution < 1.29 is 14.0 Å². The first-order valence-electron chi connectivity index (χ1n) is 8.76. The quantitative estimate of drug-likeness (QED) is 0.700. The maximum Gasteiger partial charge on any atom is 0.277 e. The molecular weight excluding hydrogens is 347 g/mol. The van der Waals surface area contributed by atoms with Crippen LogP contribution in [0, 0.1) is 19.8 Å². The molecule has 2 aromatic heterocycles. The smallest absolute Gasteiger partial charge is 0.277 e. The summed E-state index contributed by atoms with van der Waals surface area (Å²) in [4.78, 5) is 32.6. The largest absolute Gasteiger partial charge is 0.326 e. The molecule has 2 amide bonds. The summed E-state index contributed by atoms with van der Waals surface area (Å²) in [6, 6.07) is 12.8. The van der Waals surface area contributed by atoms with Crippen LogP contribution in [0.25, 0.3) is 5.65 Å². The van der Waals surface area contributed by atoms with Crippen molar-refractivity contribution in [1.29, 1.82) is 0 Å². The number of halogens is 1. The molecule has 3 heterocycles. The van der Waals surface area contributed by atoms with Gasteiger partial charge in [-0.1, -0.05) is 24.3 Å². The third-order valence-corrected chi connectivity index (χ3v) is 4.90. The van der Waals surface area contributed by atoms with Crippen molar-refractivity contribution in [3.63, 3.8) is 0 Å². The van der Waals surface area contributed by atoms with E-state index in [1.807, 2.05) is 31.2 Å². The number of imidazole rings is 1. The lowest BCUT2D eigenvalue weighted by Gasteiger charge is -2.34. The Labute approximate surface area is 155 Å². The molecule has 0 bridgehead atoms. The predicted molar refractivity (Wildman–Crippen MR) is 99.3 cm³/mol. The summed E-state index contributed by atoms with van der Waals surface area (Å²) in [6.07, 6.45) is 0. The van der Waals surface area contributed by atoms with Crippen molar-refractivity contribution >= 4 is 23.1 Å². The van der Waals surface area contributed by atoms with E-state index in [0.29, 0.717) is 24.4 Å². The summed E-state index contributed by atoms with van der Waals surface area (Å²) in [6.45, 7) is 4.28. The number of rotatable bonds is 2. The number of pyridine rings is 1. The molecule has 0 saturated carbocycles. The lowest BCUT2D eigenvalue weighted by Crippen LogP contribution is -2.52. The fraction of sp³-hybridized carbons (Fsp3) is 0.250. The lowest BCUT2D eigenvalue weighted by atomic mass is 10.1. The van der Waals surface area contributed by atoms with Gasteiger partial charge in [-0.05, 0) is 37.6 Å². The van der Waals surface area contributed by atoms with Crippen molar-refractivity contribution in [3.05, 3.63) is 65.4 Å². The van der Waals surface area contributed by atoms with E-state index in [0.717, 1.165) is 11.3 Å². The maximum atomic E-state index is 14.7. The molecule has 6 nitrogen and oxygen atoms in total. The highest BCUT2D eigenvalue weighted by molar-refractivity contribution is 6.01. The van der Waals surface area contributed by atoms with Crippen molar-refractivity contribution in [2.24, 2.45) is 0 Å².